The van der Waals surface area contributed by atoms with E-state index in [0.29, 0.717) is 37.8 Å². The first kappa shape index (κ1) is 16.1. The predicted octanol–water partition coefficient (Wildman–Crippen LogP) is 1.76. The molecule has 4 rings (SSSR count). The highest BCUT2D eigenvalue weighted by Crippen LogP contribution is 2.35. The lowest BCUT2D eigenvalue weighted by atomic mass is 10.2. The fourth-order valence-corrected chi connectivity index (χ4v) is 3.69. The lowest BCUT2D eigenvalue weighted by molar-refractivity contribution is -0.122. The van der Waals surface area contributed by atoms with Gasteiger partial charge in [-0.25, -0.2) is 4.79 Å². The van der Waals surface area contributed by atoms with Crippen molar-refractivity contribution >= 4 is 17.6 Å². The van der Waals surface area contributed by atoms with Gasteiger partial charge in [0.1, 0.15) is 19.8 Å². The summed E-state index contributed by atoms with van der Waals surface area (Å²) in [6.45, 7) is 2.29. The van der Waals surface area contributed by atoms with Crippen molar-refractivity contribution in [2.75, 3.05) is 37.7 Å². The zero-order valence-electron chi connectivity index (χ0n) is 14.2. The van der Waals surface area contributed by atoms with Gasteiger partial charge in [0.25, 0.3) is 0 Å². The van der Waals surface area contributed by atoms with Crippen molar-refractivity contribution in [3.8, 4) is 11.5 Å². The molecular weight excluding hydrogens is 322 g/mol. The van der Waals surface area contributed by atoms with Crippen molar-refractivity contribution in [3.63, 3.8) is 0 Å². The van der Waals surface area contributed by atoms with Gasteiger partial charge in [-0.15, -0.1) is 0 Å². The maximum atomic E-state index is 12.6. The van der Waals surface area contributed by atoms with Gasteiger partial charge < -0.3 is 19.7 Å². The minimum atomic E-state index is -0.141. The number of hydrogen-bond acceptors (Lipinski definition) is 4. The third-order valence-corrected chi connectivity index (χ3v) is 4.99. The molecule has 3 aliphatic rings. The van der Waals surface area contributed by atoms with Crippen LogP contribution >= 0.6 is 0 Å². The van der Waals surface area contributed by atoms with Gasteiger partial charge in [0.15, 0.2) is 11.5 Å². The van der Waals surface area contributed by atoms with Crippen LogP contribution in [-0.2, 0) is 4.79 Å². The minimum Gasteiger partial charge on any atom is -0.486 e. The van der Waals surface area contributed by atoms with Crippen LogP contribution in [0.1, 0.15) is 25.7 Å². The summed E-state index contributed by atoms with van der Waals surface area (Å²) in [7, 11) is 0. The summed E-state index contributed by atoms with van der Waals surface area (Å²) in [5.74, 6) is 1.30. The lowest BCUT2D eigenvalue weighted by Crippen LogP contribution is -2.42. The number of carbonyl (C=O) groups excluding carboxylic acids is 2. The minimum absolute atomic E-state index is 0.0655. The normalized spacial score (nSPS) is 20.2. The summed E-state index contributed by atoms with van der Waals surface area (Å²) >= 11 is 0. The number of fused-ring (bicyclic) bond motifs is 1. The summed E-state index contributed by atoms with van der Waals surface area (Å²) in [5, 5.41) is 3.03. The molecule has 25 heavy (non-hydrogen) atoms. The van der Waals surface area contributed by atoms with E-state index in [1.165, 1.54) is 12.8 Å². The standard InChI is InChI=1S/C18H23N3O4/c22-17(19-13-3-1-2-4-13)12-20-7-8-21(18(20)23)14-5-6-15-16(11-14)25-10-9-24-15/h5-6,11,13H,1-4,7-10,12H2,(H,19,22). The van der Waals surface area contributed by atoms with Crippen molar-refractivity contribution in [1.82, 2.24) is 10.2 Å². The highest BCUT2D eigenvalue weighted by atomic mass is 16.6. The van der Waals surface area contributed by atoms with Crippen LogP contribution in [0.5, 0.6) is 11.5 Å². The van der Waals surface area contributed by atoms with Crippen molar-refractivity contribution in [3.05, 3.63) is 18.2 Å². The molecule has 0 aromatic heterocycles. The number of rotatable bonds is 4. The summed E-state index contributed by atoms with van der Waals surface area (Å²) in [6, 6.07) is 5.64. The molecule has 0 atom stereocenters. The number of ether oxygens (including phenoxy) is 2. The smallest absolute Gasteiger partial charge is 0.325 e. The Hall–Kier alpha value is -2.44. The number of urea groups is 1. The molecule has 1 aromatic rings. The molecule has 0 radical (unpaired) electrons. The zero-order valence-corrected chi connectivity index (χ0v) is 14.2. The van der Waals surface area contributed by atoms with Crippen molar-refractivity contribution in [2.24, 2.45) is 0 Å². The van der Waals surface area contributed by atoms with Crippen LogP contribution in [0.3, 0.4) is 0 Å². The average Bonchev–Trinajstić information content (AvgIpc) is 3.25. The first-order chi connectivity index (χ1) is 12.2. The molecule has 0 spiro atoms. The van der Waals surface area contributed by atoms with Crippen molar-refractivity contribution in [2.45, 2.75) is 31.7 Å². The molecule has 1 saturated heterocycles. The largest absolute Gasteiger partial charge is 0.486 e. The van der Waals surface area contributed by atoms with Crippen molar-refractivity contribution < 1.29 is 19.1 Å². The topological polar surface area (TPSA) is 71.1 Å². The fourth-order valence-electron chi connectivity index (χ4n) is 3.69. The van der Waals surface area contributed by atoms with E-state index < -0.39 is 0 Å². The third kappa shape index (κ3) is 3.36. The van der Waals surface area contributed by atoms with E-state index in [-0.39, 0.29) is 24.5 Å². The fraction of sp³-hybridized carbons (Fsp3) is 0.556. The van der Waals surface area contributed by atoms with Gasteiger partial charge in [-0.1, -0.05) is 12.8 Å². The van der Waals surface area contributed by atoms with E-state index in [0.717, 1.165) is 18.5 Å². The maximum Gasteiger partial charge on any atom is 0.325 e. The molecule has 1 aliphatic carbocycles. The average molecular weight is 345 g/mol. The number of hydrogen-bond donors (Lipinski definition) is 1. The molecule has 3 amide bonds. The highest BCUT2D eigenvalue weighted by Gasteiger charge is 2.32. The van der Waals surface area contributed by atoms with Crippen LogP contribution in [0.4, 0.5) is 10.5 Å². The van der Waals surface area contributed by atoms with Crippen LogP contribution in [0.25, 0.3) is 0 Å². The number of carbonyl (C=O) groups is 2. The second-order valence-electron chi connectivity index (χ2n) is 6.73. The number of nitrogens with one attached hydrogen (secondary N) is 1. The second-order valence-corrected chi connectivity index (χ2v) is 6.73. The molecule has 2 aliphatic heterocycles. The van der Waals surface area contributed by atoms with Gasteiger partial charge in [0.05, 0.1) is 0 Å². The summed E-state index contributed by atoms with van der Waals surface area (Å²) in [5.41, 5.74) is 0.771. The van der Waals surface area contributed by atoms with Crippen LogP contribution in [0.2, 0.25) is 0 Å². The highest BCUT2D eigenvalue weighted by molar-refractivity contribution is 5.96. The Kier molecular flexibility index (Phi) is 4.38. The Bertz CT molecular complexity index is 672. The van der Waals surface area contributed by atoms with E-state index in [1.807, 2.05) is 18.2 Å². The molecule has 2 heterocycles. The molecule has 0 unspecified atom stereocenters. The molecule has 1 saturated carbocycles. The Morgan fingerprint density at radius 3 is 2.68 bits per heavy atom. The summed E-state index contributed by atoms with van der Waals surface area (Å²) in [6.07, 6.45) is 4.43. The van der Waals surface area contributed by atoms with Crippen LogP contribution < -0.4 is 19.7 Å². The maximum absolute atomic E-state index is 12.6. The number of amides is 3. The molecule has 134 valence electrons. The monoisotopic (exact) mass is 345 g/mol. The Morgan fingerprint density at radius 2 is 1.88 bits per heavy atom. The molecule has 2 fully saturated rings. The summed E-state index contributed by atoms with van der Waals surface area (Å²) in [4.78, 5) is 28.1. The Labute approximate surface area is 146 Å². The Balaban J connectivity index is 1.38. The van der Waals surface area contributed by atoms with Crippen LogP contribution in [-0.4, -0.2) is 55.7 Å². The number of anilines is 1. The van der Waals surface area contributed by atoms with Crippen LogP contribution in [0, 0.1) is 0 Å². The van der Waals surface area contributed by atoms with Gasteiger partial charge >= 0.3 is 6.03 Å². The first-order valence-corrected chi connectivity index (χ1v) is 8.96. The lowest BCUT2D eigenvalue weighted by Gasteiger charge is -2.22. The van der Waals surface area contributed by atoms with E-state index in [1.54, 1.807) is 9.80 Å². The van der Waals surface area contributed by atoms with Gasteiger partial charge in [-0.2, -0.15) is 0 Å². The van der Waals surface area contributed by atoms with Crippen molar-refractivity contribution in [1.29, 1.82) is 0 Å². The SMILES string of the molecule is O=C(CN1CCN(c2ccc3c(c2)OCCO3)C1=O)NC1CCCC1. The quantitative estimate of drug-likeness (QED) is 0.903. The number of benzene rings is 1. The molecule has 1 N–H and O–H groups in total. The van der Waals surface area contributed by atoms with E-state index in [9.17, 15) is 9.59 Å². The molecule has 7 heteroatoms. The predicted molar refractivity (Wildman–Crippen MR) is 92.1 cm³/mol. The number of nitrogens with zero attached hydrogens (tertiary/aromatic N) is 2. The molecular formula is C18H23N3O4. The molecule has 0 bridgehead atoms. The molecule has 7 nitrogen and oxygen atoms in total. The van der Waals surface area contributed by atoms with E-state index in [2.05, 4.69) is 5.32 Å². The molecule has 1 aromatic carbocycles. The Morgan fingerprint density at radius 1 is 1.12 bits per heavy atom. The van der Waals surface area contributed by atoms with Crippen LogP contribution in [0.15, 0.2) is 18.2 Å². The summed E-state index contributed by atoms with van der Waals surface area (Å²) < 4.78 is 11.1. The van der Waals surface area contributed by atoms with Gasteiger partial charge in [0.2, 0.25) is 5.91 Å². The van der Waals surface area contributed by atoms with Gasteiger partial charge in [0, 0.05) is 30.9 Å². The second kappa shape index (κ2) is 6.82. The van der Waals surface area contributed by atoms with Gasteiger partial charge in [-0.3, -0.25) is 9.69 Å². The van der Waals surface area contributed by atoms with E-state index in [4.69, 9.17) is 9.47 Å². The zero-order chi connectivity index (χ0) is 17.2. The first-order valence-electron chi connectivity index (χ1n) is 8.96. The third-order valence-electron chi connectivity index (χ3n) is 4.99. The van der Waals surface area contributed by atoms with E-state index >= 15 is 0 Å². The van der Waals surface area contributed by atoms with Gasteiger partial charge in [-0.05, 0) is 25.0 Å².